The molecule has 0 bridgehead atoms. The van der Waals surface area contributed by atoms with Gasteiger partial charge in [-0.25, -0.2) is 0 Å². The third-order valence-corrected chi connectivity index (χ3v) is 6.79. The predicted molar refractivity (Wildman–Crippen MR) is 151 cm³/mol. The summed E-state index contributed by atoms with van der Waals surface area (Å²) in [5.41, 5.74) is 1.97. The van der Waals surface area contributed by atoms with Crippen LogP contribution in [0.1, 0.15) is 96.5 Å². The zero-order valence-corrected chi connectivity index (χ0v) is 23.2. The number of amides is 1. The van der Waals surface area contributed by atoms with Crippen molar-refractivity contribution in [3.8, 4) is 11.5 Å². The Hall–Kier alpha value is -2.43. The maximum atomic E-state index is 12.6. The van der Waals surface area contributed by atoms with Crippen LogP contribution >= 0.6 is 0 Å². The Morgan fingerprint density at radius 3 is 2.25 bits per heavy atom. The number of methoxy groups -OCH3 is 1. The maximum Gasteiger partial charge on any atom is 0.224 e. The first-order valence-electron chi connectivity index (χ1n) is 14.3. The number of hydrogen-bond donors (Lipinski definition) is 1. The minimum atomic E-state index is -0.0191. The number of nitrogens with one attached hydrogen (secondary N) is 1. The molecule has 36 heavy (non-hydrogen) atoms. The molecule has 0 saturated heterocycles. The third kappa shape index (κ3) is 12.0. The summed E-state index contributed by atoms with van der Waals surface area (Å²) in [7, 11) is 1.64. The number of carbonyl (C=O) groups excluding carboxylic acids is 1. The first-order chi connectivity index (χ1) is 17.7. The molecule has 5 heteroatoms. The van der Waals surface area contributed by atoms with Crippen LogP contribution < -0.4 is 14.8 Å². The summed E-state index contributed by atoms with van der Waals surface area (Å²) in [5.74, 6) is 1.37. The summed E-state index contributed by atoms with van der Waals surface area (Å²) < 4.78 is 11.7. The number of benzene rings is 1. The second-order valence-corrected chi connectivity index (χ2v) is 9.83. The van der Waals surface area contributed by atoms with Crippen molar-refractivity contribution in [1.29, 1.82) is 0 Å². The summed E-state index contributed by atoms with van der Waals surface area (Å²) >= 11 is 0. The van der Waals surface area contributed by atoms with Crippen molar-refractivity contribution in [2.45, 2.75) is 97.3 Å². The van der Waals surface area contributed by atoms with E-state index >= 15 is 0 Å². The van der Waals surface area contributed by atoms with Crippen LogP contribution in [0.2, 0.25) is 0 Å². The van der Waals surface area contributed by atoms with Crippen molar-refractivity contribution < 1.29 is 14.3 Å². The summed E-state index contributed by atoms with van der Waals surface area (Å²) in [6.07, 6.45) is 22.5. The SMILES string of the molecule is CCCCCCCCCCCCCCOc1cccc(CC(=O)NCC2=CN(CC)CC=C2)c1OC. The van der Waals surface area contributed by atoms with Gasteiger partial charge in [0.25, 0.3) is 0 Å². The first kappa shape index (κ1) is 29.8. The highest BCUT2D eigenvalue weighted by Gasteiger charge is 2.14. The van der Waals surface area contributed by atoms with Gasteiger partial charge in [0.2, 0.25) is 5.91 Å². The Labute approximate surface area is 220 Å². The van der Waals surface area contributed by atoms with Gasteiger partial charge >= 0.3 is 0 Å². The number of carbonyl (C=O) groups is 1. The number of para-hydroxylation sites is 1. The van der Waals surface area contributed by atoms with Crippen LogP contribution in [-0.4, -0.2) is 44.2 Å². The number of likely N-dealkylation sites (N-methyl/N-ethyl adjacent to an activating group) is 1. The maximum absolute atomic E-state index is 12.6. The molecule has 0 atom stereocenters. The van der Waals surface area contributed by atoms with Crippen molar-refractivity contribution >= 4 is 5.91 Å². The molecule has 1 aliphatic rings. The molecule has 1 amide bonds. The zero-order valence-electron chi connectivity index (χ0n) is 23.2. The van der Waals surface area contributed by atoms with Gasteiger partial charge in [0.15, 0.2) is 11.5 Å². The lowest BCUT2D eigenvalue weighted by Gasteiger charge is -2.21. The molecule has 1 aliphatic heterocycles. The molecule has 2 rings (SSSR count). The molecule has 1 N–H and O–H groups in total. The summed E-state index contributed by atoms with van der Waals surface area (Å²) in [6, 6.07) is 5.81. The lowest BCUT2D eigenvalue weighted by Crippen LogP contribution is -2.29. The molecule has 5 nitrogen and oxygen atoms in total. The fourth-order valence-corrected chi connectivity index (χ4v) is 4.60. The van der Waals surface area contributed by atoms with E-state index in [9.17, 15) is 4.79 Å². The molecule has 1 aromatic rings. The van der Waals surface area contributed by atoms with E-state index < -0.39 is 0 Å². The highest BCUT2D eigenvalue weighted by molar-refractivity contribution is 5.80. The van der Waals surface area contributed by atoms with Crippen LogP contribution in [0.4, 0.5) is 0 Å². The van der Waals surface area contributed by atoms with Gasteiger partial charge in [-0.15, -0.1) is 0 Å². The van der Waals surface area contributed by atoms with E-state index in [4.69, 9.17) is 9.47 Å². The average Bonchev–Trinajstić information content (AvgIpc) is 2.90. The standard InChI is InChI=1S/C31H50N2O3/c1-4-6-7-8-9-10-11-12-13-14-15-16-23-36-29-21-17-20-28(31(29)35-3)24-30(34)32-25-27-19-18-22-33(5-2)26-27/h17-21,26H,4-16,22-25H2,1-3H3,(H,32,34). The van der Waals surface area contributed by atoms with E-state index in [2.05, 4.69) is 42.4 Å². The molecule has 0 spiro atoms. The quantitative estimate of drug-likeness (QED) is 0.193. The number of ether oxygens (including phenoxy) is 2. The topological polar surface area (TPSA) is 50.8 Å². The van der Waals surface area contributed by atoms with E-state index in [-0.39, 0.29) is 12.3 Å². The Morgan fingerprint density at radius 1 is 0.944 bits per heavy atom. The van der Waals surface area contributed by atoms with Gasteiger partial charge in [0, 0.05) is 31.4 Å². The third-order valence-electron chi connectivity index (χ3n) is 6.79. The van der Waals surface area contributed by atoms with Crippen LogP contribution in [0.3, 0.4) is 0 Å². The molecule has 1 heterocycles. The van der Waals surface area contributed by atoms with Gasteiger partial charge in [-0.1, -0.05) is 102 Å². The largest absolute Gasteiger partial charge is 0.493 e. The molecule has 1 aromatic carbocycles. The smallest absolute Gasteiger partial charge is 0.224 e. The fourth-order valence-electron chi connectivity index (χ4n) is 4.60. The van der Waals surface area contributed by atoms with Crippen molar-refractivity contribution in [2.24, 2.45) is 0 Å². The van der Waals surface area contributed by atoms with E-state index in [0.717, 1.165) is 36.4 Å². The highest BCUT2D eigenvalue weighted by atomic mass is 16.5. The second-order valence-electron chi connectivity index (χ2n) is 9.83. The molecule has 0 unspecified atom stereocenters. The van der Waals surface area contributed by atoms with E-state index in [1.165, 1.54) is 70.6 Å². The molecular weight excluding hydrogens is 448 g/mol. The molecule has 0 radical (unpaired) electrons. The summed E-state index contributed by atoms with van der Waals surface area (Å²) in [6.45, 7) is 7.50. The van der Waals surface area contributed by atoms with Crippen molar-refractivity contribution in [3.63, 3.8) is 0 Å². The van der Waals surface area contributed by atoms with Crippen molar-refractivity contribution in [2.75, 3.05) is 33.4 Å². The molecule has 0 aliphatic carbocycles. The Morgan fingerprint density at radius 2 is 1.61 bits per heavy atom. The molecule has 0 saturated carbocycles. The van der Waals surface area contributed by atoms with Gasteiger partial charge in [-0.2, -0.15) is 0 Å². The van der Waals surface area contributed by atoms with Crippen LogP contribution in [0, 0.1) is 0 Å². The molecule has 0 fully saturated rings. The van der Waals surface area contributed by atoms with Gasteiger partial charge in [-0.3, -0.25) is 4.79 Å². The summed E-state index contributed by atoms with van der Waals surface area (Å²) in [5, 5.41) is 3.03. The lowest BCUT2D eigenvalue weighted by molar-refractivity contribution is -0.120. The minimum absolute atomic E-state index is 0.0191. The summed E-state index contributed by atoms with van der Waals surface area (Å²) in [4.78, 5) is 14.8. The molecular formula is C31H50N2O3. The monoisotopic (exact) mass is 498 g/mol. The van der Waals surface area contributed by atoms with Gasteiger partial charge in [-0.05, 0) is 25.0 Å². The second kappa shape index (κ2) is 18.8. The minimum Gasteiger partial charge on any atom is -0.493 e. The van der Waals surface area contributed by atoms with E-state index in [0.29, 0.717) is 18.9 Å². The van der Waals surface area contributed by atoms with Crippen LogP contribution in [-0.2, 0) is 11.2 Å². The van der Waals surface area contributed by atoms with Crippen LogP contribution in [0.5, 0.6) is 11.5 Å². The van der Waals surface area contributed by atoms with Gasteiger partial charge in [0.05, 0.1) is 20.1 Å². The fraction of sp³-hybridized carbons (Fsp3) is 0.645. The Bertz CT molecular complexity index is 803. The first-order valence-corrected chi connectivity index (χ1v) is 14.3. The predicted octanol–water partition coefficient (Wildman–Crippen LogP) is 7.21. The van der Waals surface area contributed by atoms with Crippen molar-refractivity contribution in [1.82, 2.24) is 10.2 Å². The molecule has 0 aromatic heterocycles. The Kier molecular flexibility index (Phi) is 15.5. The normalized spacial score (nSPS) is 13.0. The number of rotatable bonds is 20. The zero-order chi connectivity index (χ0) is 25.8. The number of nitrogens with zero attached hydrogens (tertiary/aromatic N) is 1. The van der Waals surface area contributed by atoms with Gasteiger partial charge in [0.1, 0.15) is 0 Å². The van der Waals surface area contributed by atoms with Crippen molar-refractivity contribution in [3.05, 3.63) is 47.7 Å². The van der Waals surface area contributed by atoms with Gasteiger partial charge < -0.3 is 19.7 Å². The van der Waals surface area contributed by atoms with E-state index in [1.54, 1.807) is 7.11 Å². The number of unbranched alkanes of at least 4 members (excludes halogenated alkanes) is 11. The average molecular weight is 499 g/mol. The van der Waals surface area contributed by atoms with Crippen LogP contribution in [0.15, 0.2) is 42.1 Å². The number of hydrogen-bond acceptors (Lipinski definition) is 4. The van der Waals surface area contributed by atoms with Crippen LogP contribution in [0.25, 0.3) is 0 Å². The van der Waals surface area contributed by atoms with E-state index in [1.807, 2.05) is 18.2 Å². The highest BCUT2D eigenvalue weighted by Crippen LogP contribution is 2.31. The lowest BCUT2D eigenvalue weighted by atomic mass is 10.1. The Balaban J connectivity index is 1.64. The molecule has 202 valence electrons.